The maximum atomic E-state index is 3.92. The third-order valence-corrected chi connectivity index (χ3v) is 8.62. The number of benzene rings is 6. The molecule has 0 N–H and O–H groups in total. The maximum Gasteiger partial charge on any atom is 0.0462 e. The van der Waals surface area contributed by atoms with Crippen LogP contribution in [0.15, 0.2) is 171 Å². The van der Waals surface area contributed by atoms with Gasteiger partial charge in [0.1, 0.15) is 0 Å². The van der Waals surface area contributed by atoms with Gasteiger partial charge in [-0.1, -0.05) is 153 Å². The van der Waals surface area contributed by atoms with E-state index in [-0.39, 0.29) is 5.92 Å². The van der Waals surface area contributed by atoms with Crippen molar-refractivity contribution in [2.24, 2.45) is 0 Å². The third kappa shape index (κ3) is 7.01. The van der Waals surface area contributed by atoms with Crippen LogP contribution in [-0.4, -0.2) is 0 Å². The highest BCUT2D eigenvalue weighted by molar-refractivity contribution is 5.77. The van der Waals surface area contributed by atoms with Crippen molar-refractivity contribution >= 4 is 35.3 Å². The number of aryl methyl sites for hydroxylation is 2. The number of hydrogen-bond donors (Lipinski definition) is 0. The standard InChI is InChI=1S/C45H39N/c1-4-34-14-24-39(25-15-34)45(40-26-16-35(5-2)17-27-40)41-28-18-37(19-29-41)12-13-38-22-32-44(33-23-38)46(42-10-8-7-9-11-42)43-30-20-36(6-3)21-31-43/h4-11,14-33,45H,1-3,12-13H2. The van der Waals surface area contributed by atoms with Gasteiger partial charge in [-0.05, 0) is 93.7 Å². The molecule has 0 unspecified atom stereocenters. The van der Waals surface area contributed by atoms with Crippen LogP contribution in [0.2, 0.25) is 0 Å². The second-order valence-electron chi connectivity index (χ2n) is 11.5. The van der Waals surface area contributed by atoms with Gasteiger partial charge < -0.3 is 4.90 Å². The summed E-state index contributed by atoms with van der Waals surface area (Å²) in [4.78, 5) is 2.29. The van der Waals surface area contributed by atoms with Gasteiger partial charge in [-0.15, -0.1) is 0 Å². The van der Waals surface area contributed by atoms with Gasteiger partial charge in [0, 0.05) is 23.0 Å². The fourth-order valence-electron chi connectivity index (χ4n) is 5.99. The van der Waals surface area contributed by atoms with Crippen LogP contribution in [0, 0.1) is 0 Å². The first-order valence-corrected chi connectivity index (χ1v) is 15.9. The molecule has 0 aliphatic heterocycles. The van der Waals surface area contributed by atoms with Crippen LogP contribution in [0.1, 0.15) is 50.4 Å². The zero-order chi connectivity index (χ0) is 31.7. The van der Waals surface area contributed by atoms with E-state index in [2.05, 4.69) is 176 Å². The lowest BCUT2D eigenvalue weighted by atomic mass is 9.84. The molecule has 46 heavy (non-hydrogen) atoms. The summed E-state index contributed by atoms with van der Waals surface area (Å²) in [5.41, 5.74) is 13.2. The van der Waals surface area contributed by atoms with Gasteiger partial charge >= 0.3 is 0 Å². The number of rotatable bonds is 12. The van der Waals surface area contributed by atoms with Gasteiger partial charge in [0.15, 0.2) is 0 Å². The summed E-state index contributed by atoms with van der Waals surface area (Å²) >= 11 is 0. The summed E-state index contributed by atoms with van der Waals surface area (Å²) in [6, 6.07) is 54.6. The topological polar surface area (TPSA) is 3.24 Å². The minimum absolute atomic E-state index is 0.153. The highest BCUT2D eigenvalue weighted by Crippen LogP contribution is 2.35. The van der Waals surface area contributed by atoms with E-state index in [0.717, 1.165) is 46.6 Å². The molecule has 0 atom stereocenters. The lowest BCUT2D eigenvalue weighted by Gasteiger charge is -2.25. The Labute approximate surface area is 274 Å². The van der Waals surface area contributed by atoms with Crippen molar-refractivity contribution in [3.8, 4) is 0 Å². The Hall–Kier alpha value is -5.66. The van der Waals surface area contributed by atoms with Crippen LogP contribution in [0.25, 0.3) is 18.2 Å². The quantitative estimate of drug-likeness (QED) is 0.128. The first-order valence-electron chi connectivity index (χ1n) is 15.9. The lowest BCUT2D eigenvalue weighted by molar-refractivity contribution is 0.944. The van der Waals surface area contributed by atoms with Gasteiger partial charge in [0.2, 0.25) is 0 Å². The monoisotopic (exact) mass is 593 g/mol. The molecule has 6 aromatic carbocycles. The van der Waals surface area contributed by atoms with Gasteiger partial charge in [-0.25, -0.2) is 0 Å². The molecule has 1 nitrogen and oxygen atoms in total. The molecule has 0 saturated carbocycles. The fourth-order valence-corrected chi connectivity index (χ4v) is 5.99. The number of para-hydroxylation sites is 1. The largest absolute Gasteiger partial charge is 0.311 e. The lowest BCUT2D eigenvalue weighted by Crippen LogP contribution is -2.09. The Morgan fingerprint density at radius 1 is 0.391 bits per heavy atom. The van der Waals surface area contributed by atoms with Gasteiger partial charge in [-0.2, -0.15) is 0 Å². The first kappa shape index (κ1) is 30.4. The van der Waals surface area contributed by atoms with Crippen molar-refractivity contribution in [2.75, 3.05) is 4.90 Å². The zero-order valence-corrected chi connectivity index (χ0v) is 26.2. The van der Waals surface area contributed by atoms with Gasteiger partial charge in [0.25, 0.3) is 0 Å². The predicted molar refractivity (Wildman–Crippen MR) is 199 cm³/mol. The Balaban J connectivity index is 1.19. The second-order valence-corrected chi connectivity index (χ2v) is 11.5. The van der Waals surface area contributed by atoms with E-state index in [9.17, 15) is 0 Å². The molecule has 6 rings (SSSR count). The van der Waals surface area contributed by atoms with Crippen molar-refractivity contribution in [3.63, 3.8) is 0 Å². The van der Waals surface area contributed by atoms with Crippen LogP contribution < -0.4 is 4.90 Å². The van der Waals surface area contributed by atoms with Crippen LogP contribution in [0.5, 0.6) is 0 Å². The number of nitrogens with zero attached hydrogens (tertiary/aromatic N) is 1. The third-order valence-electron chi connectivity index (χ3n) is 8.62. The van der Waals surface area contributed by atoms with E-state index < -0.39 is 0 Å². The van der Waals surface area contributed by atoms with Gasteiger partial charge in [0.05, 0.1) is 0 Å². The molecular formula is C45H39N. The molecule has 6 aromatic rings. The molecular weight excluding hydrogens is 555 g/mol. The highest BCUT2D eigenvalue weighted by atomic mass is 15.1. The van der Waals surface area contributed by atoms with Crippen LogP contribution in [-0.2, 0) is 12.8 Å². The number of anilines is 3. The van der Waals surface area contributed by atoms with Crippen LogP contribution >= 0.6 is 0 Å². The molecule has 0 radical (unpaired) electrons. The van der Waals surface area contributed by atoms with Gasteiger partial charge in [-0.3, -0.25) is 0 Å². The summed E-state index contributed by atoms with van der Waals surface area (Å²) in [7, 11) is 0. The zero-order valence-electron chi connectivity index (χ0n) is 26.2. The summed E-state index contributed by atoms with van der Waals surface area (Å²) in [5.74, 6) is 0.153. The van der Waals surface area contributed by atoms with Crippen molar-refractivity contribution in [1.29, 1.82) is 0 Å². The SMILES string of the molecule is C=Cc1ccc(C(c2ccc(C=C)cc2)c2ccc(CCc3ccc(N(c4ccccc4)c4ccc(C=C)cc4)cc3)cc2)cc1. The maximum absolute atomic E-state index is 3.92. The average Bonchev–Trinajstić information content (AvgIpc) is 3.13. The molecule has 1 heteroatoms. The van der Waals surface area contributed by atoms with Crippen molar-refractivity contribution < 1.29 is 0 Å². The van der Waals surface area contributed by atoms with Crippen LogP contribution in [0.3, 0.4) is 0 Å². The molecule has 0 aliphatic carbocycles. The Morgan fingerprint density at radius 2 is 0.717 bits per heavy atom. The molecule has 0 aliphatic rings. The minimum Gasteiger partial charge on any atom is -0.311 e. The van der Waals surface area contributed by atoms with Crippen LogP contribution in [0.4, 0.5) is 17.1 Å². The summed E-state index contributed by atoms with van der Waals surface area (Å²) in [6.45, 7) is 11.7. The Morgan fingerprint density at radius 3 is 1.13 bits per heavy atom. The molecule has 0 heterocycles. The normalized spacial score (nSPS) is 10.8. The van der Waals surface area contributed by atoms with E-state index in [0.29, 0.717) is 0 Å². The summed E-state index contributed by atoms with van der Waals surface area (Å²) in [5, 5.41) is 0. The van der Waals surface area contributed by atoms with E-state index >= 15 is 0 Å². The molecule has 0 fully saturated rings. The molecule has 0 saturated heterocycles. The first-order chi connectivity index (χ1) is 22.6. The fraction of sp³-hybridized carbons (Fsp3) is 0.0667. The molecule has 0 amide bonds. The van der Waals surface area contributed by atoms with Crippen molar-refractivity contribution in [3.05, 3.63) is 216 Å². The highest BCUT2D eigenvalue weighted by Gasteiger charge is 2.17. The minimum atomic E-state index is 0.153. The number of hydrogen-bond acceptors (Lipinski definition) is 1. The van der Waals surface area contributed by atoms with E-state index in [4.69, 9.17) is 0 Å². The van der Waals surface area contributed by atoms with Crippen molar-refractivity contribution in [1.82, 2.24) is 0 Å². The van der Waals surface area contributed by atoms with E-state index in [1.165, 1.54) is 27.8 Å². The smallest absolute Gasteiger partial charge is 0.0462 e. The van der Waals surface area contributed by atoms with Crippen molar-refractivity contribution in [2.45, 2.75) is 18.8 Å². The van der Waals surface area contributed by atoms with E-state index in [1.807, 2.05) is 18.2 Å². The molecule has 0 spiro atoms. The predicted octanol–water partition coefficient (Wildman–Crippen LogP) is 12.1. The summed E-state index contributed by atoms with van der Waals surface area (Å²) in [6.07, 6.45) is 7.62. The Bertz CT molecular complexity index is 1830. The van der Waals surface area contributed by atoms with E-state index in [1.54, 1.807) is 0 Å². The molecule has 0 bridgehead atoms. The second kappa shape index (κ2) is 14.4. The summed E-state index contributed by atoms with van der Waals surface area (Å²) < 4.78 is 0. The average molecular weight is 594 g/mol. The Kier molecular flexibility index (Phi) is 9.52. The molecule has 0 aromatic heterocycles. The molecule has 224 valence electrons.